The van der Waals surface area contributed by atoms with Crippen LogP contribution in [0.15, 0.2) is 48.5 Å². The van der Waals surface area contributed by atoms with Crippen LogP contribution in [0.5, 0.6) is 0 Å². The van der Waals surface area contributed by atoms with Crippen LogP contribution in [-0.2, 0) is 11.0 Å². The number of piperidine rings is 1. The highest BCUT2D eigenvalue weighted by atomic mass is 19.4. The zero-order valence-electron chi connectivity index (χ0n) is 16.3. The molecule has 2 atom stereocenters. The predicted molar refractivity (Wildman–Crippen MR) is 104 cm³/mol. The fourth-order valence-electron chi connectivity index (χ4n) is 3.75. The molecule has 29 heavy (non-hydrogen) atoms. The number of rotatable bonds is 3. The average molecular weight is 401 g/mol. The van der Waals surface area contributed by atoms with Gasteiger partial charge in [-0.15, -0.1) is 0 Å². The van der Waals surface area contributed by atoms with E-state index in [-0.39, 0.29) is 17.9 Å². The van der Waals surface area contributed by atoms with E-state index in [1.807, 2.05) is 17.0 Å². The largest absolute Gasteiger partial charge is 0.416 e. The number of halogens is 3. The Morgan fingerprint density at radius 3 is 2.21 bits per heavy atom. The number of carbonyl (C=O) groups excluding carboxylic acids is 1. The third-order valence-electron chi connectivity index (χ3n) is 5.35. The fraction of sp³-hybridized carbons (Fsp3) is 0.364. The molecule has 1 heterocycles. The molecule has 0 saturated carbocycles. The van der Waals surface area contributed by atoms with Crippen molar-refractivity contribution in [1.82, 2.24) is 4.90 Å². The van der Waals surface area contributed by atoms with Gasteiger partial charge in [0.2, 0.25) is 5.91 Å². The van der Waals surface area contributed by atoms with Crippen LogP contribution in [-0.4, -0.2) is 37.5 Å². The highest BCUT2D eigenvalue weighted by molar-refractivity contribution is 5.85. The van der Waals surface area contributed by atoms with Gasteiger partial charge in [-0.25, -0.2) is 0 Å². The molecular formula is C22H22F3N3O. The van der Waals surface area contributed by atoms with Gasteiger partial charge in [0.1, 0.15) is 6.04 Å². The summed E-state index contributed by atoms with van der Waals surface area (Å²) in [5.41, 5.74) is 1.51. The molecule has 152 valence electrons. The molecule has 0 aromatic heterocycles. The summed E-state index contributed by atoms with van der Waals surface area (Å²) in [5.74, 6) is -0.000585. The number of alkyl halides is 3. The number of likely N-dealkylation sites (N-methyl/N-ethyl adjacent to an activating group) is 1. The van der Waals surface area contributed by atoms with Gasteiger partial charge >= 0.3 is 6.18 Å². The van der Waals surface area contributed by atoms with Crippen molar-refractivity contribution in [1.29, 1.82) is 5.26 Å². The van der Waals surface area contributed by atoms with Gasteiger partial charge in [-0.05, 0) is 54.8 Å². The van der Waals surface area contributed by atoms with Crippen LogP contribution >= 0.6 is 0 Å². The van der Waals surface area contributed by atoms with Crippen molar-refractivity contribution < 1.29 is 18.0 Å². The molecular weight excluding hydrogens is 379 g/mol. The number of anilines is 1. The molecule has 0 aliphatic carbocycles. The van der Waals surface area contributed by atoms with Crippen molar-refractivity contribution in [3.05, 3.63) is 65.2 Å². The lowest BCUT2D eigenvalue weighted by Gasteiger charge is -2.41. The Bertz CT molecular complexity index is 899. The zero-order valence-corrected chi connectivity index (χ0v) is 16.3. The van der Waals surface area contributed by atoms with Crippen LogP contribution in [0, 0.1) is 11.3 Å². The molecule has 1 fully saturated rings. The normalized spacial score (nSPS) is 19.5. The maximum atomic E-state index is 12.8. The van der Waals surface area contributed by atoms with Crippen LogP contribution in [0.25, 0.3) is 0 Å². The third-order valence-corrected chi connectivity index (χ3v) is 5.35. The number of hydrogen-bond donors (Lipinski definition) is 0. The lowest BCUT2D eigenvalue weighted by molar-refractivity contribution is -0.137. The predicted octanol–water partition coefficient (Wildman–Crippen LogP) is 4.42. The van der Waals surface area contributed by atoms with Crippen molar-refractivity contribution in [3.8, 4) is 6.07 Å². The Morgan fingerprint density at radius 2 is 1.69 bits per heavy atom. The van der Waals surface area contributed by atoms with Crippen molar-refractivity contribution in [2.24, 2.45) is 0 Å². The lowest BCUT2D eigenvalue weighted by atomic mass is 9.86. The summed E-state index contributed by atoms with van der Waals surface area (Å²) >= 11 is 0. The number of nitriles is 1. The summed E-state index contributed by atoms with van der Waals surface area (Å²) in [6.07, 6.45) is -3.05. The number of nitrogens with zero attached hydrogens (tertiary/aromatic N) is 3. The van der Waals surface area contributed by atoms with Gasteiger partial charge in [0.05, 0.1) is 17.2 Å². The van der Waals surface area contributed by atoms with E-state index in [2.05, 4.69) is 6.07 Å². The lowest BCUT2D eigenvalue weighted by Crippen LogP contribution is -2.51. The van der Waals surface area contributed by atoms with E-state index in [4.69, 9.17) is 5.26 Å². The molecule has 1 unspecified atom stereocenters. The van der Waals surface area contributed by atoms with Gasteiger partial charge in [-0.3, -0.25) is 4.79 Å². The molecule has 2 aromatic carbocycles. The van der Waals surface area contributed by atoms with E-state index in [1.54, 1.807) is 31.1 Å². The maximum absolute atomic E-state index is 12.8. The van der Waals surface area contributed by atoms with Crippen molar-refractivity contribution in [2.75, 3.05) is 25.5 Å². The summed E-state index contributed by atoms with van der Waals surface area (Å²) in [6, 6.07) is 14.0. The third kappa shape index (κ3) is 4.53. The Labute approximate surface area is 168 Å². The van der Waals surface area contributed by atoms with E-state index in [9.17, 15) is 18.0 Å². The van der Waals surface area contributed by atoms with Gasteiger partial charge in [-0.1, -0.05) is 12.1 Å². The first kappa shape index (κ1) is 20.7. The SMILES string of the molecule is CN(C)C(=O)[C@@H]1CCC(c2ccc(C(F)(F)F)cc2)CN1c1ccc(C#N)cc1. The topological polar surface area (TPSA) is 47.3 Å². The van der Waals surface area contributed by atoms with Gasteiger partial charge in [0.25, 0.3) is 0 Å². The molecule has 1 amide bonds. The van der Waals surface area contributed by atoms with Gasteiger partial charge in [0.15, 0.2) is 0 Å². The van der Waals surface area contributed by atoms with Crippen LogP contribution < -0.4 is 4.90 Å². The monoisotopic (exact) mass is 401 g/mol. The van der Waals surface area contributed by atoms with E-state index in [1.165, 1.54) is 12.1 Å². The minimum atomic E-state index is -4.36. The molecule has 3 rings (SSSR count). The van der Waals surface area contributed by atoms with Gasteiger partial charge < -0.3 is 9.80 Å². The van der Waals surface area contributed by atoms with E-state index in [0.717, 1.165) is 23.4 Å². The van der Waals surface area contributed by atoms with E-state index >= 15 is 0 Å². The molecule has 2 aromatic rings. The van der Waals surface area contributed by atoms with Crippen LogP contribution in [0.2, 0.25) is 0 Å². The van der Waals surface area contributed by atoms with E-state index < -0.39 is 11.7 Å². The van der Waals surface area contributed by atoms with Gasteiger partial charge in [-0.2, -0.15) is 18.4 Å². The Morgan fingerprint density at radius 1 is 1.07 bits per heavy atom. The smallest absolute Gasteiger partial charge is 0.359 e. The first-order valence-electron chi connectivity index (χ1n) is 9.36. The average Bonchev–Trinajstić information content (AvgIpc) is 2.72. The van der Waals surface area contributed by atoms with Crippen molar-refractivity contribution >= 4 is 11.6 Å². The summed E-state index contributed by atoms with van der Waals surface area (Å²) < 4.78 is 38.5. The summed E-state index contributed by atoms with van der Waals surface area (Å²) in [7, 11) is 3.42. The quantitative estimate of drug-likeness (QED) is 0.765. The highest BCUT2D eigenvalue weighted by Crippen LogP contribution is 2.36. The fourth-order valence-corrected chi connectivity index (χ4v) is 3.75. The van der Waals surface area contributed by atoms with E-state index in [0.29, 0.717) is 24.9 Å². The summed E-state index contributed by atoms with van der Waals surface area (Å²) in [4.78, 5) is 16.3. The van der Waals surface area contributed by atoms with Crippen LogP contribution in [0.4, 0.5) is 18.9 Å². The Balaban J connectivity index is 1.88. The molecule has 1 saturated heterocycles. The Hall–Kier alpha value is -3.01. The standard InChI is InChI=1S/C22H22F3N3O/c1-27(2)21(29)20-12-7-17(16-5-8-18(9-6-16)22(23,24)25)14-28(20)19-10-3-15(13-26)4-11-19/h3-6,8-11,17,20H,7,12,14H2,1-2H3/t17?,20-/m0/s1. The molecule has 7 heteroatoms. The molecule has 0 bridgehead atoms. The maximum Gasteiger partial charge on any atom is 0.416 e. The molecule has 1 aliphatic rings. The summed E-state index contributed by atoms with van der Waals surface area (Å²) in [6.45, 7) is 0.515. The Kier molecular flexibility index (Phi) is 5.83. The highest BCUT2D eigenvalue weighted by Gasteiger charge is 2.35. The molecule has 0 spiro atoms. The first-order valence-corrected chi connectivity index (χ1v) is 9.36. The molecule has 0 radical (unpaired) electrons. The zero-order chi connectivity index (χ0) is 21.2. The second kappa shape index (κ2) is 8.16. The molecule has 4 nitrogen and oxygen atoms in total. The summed E-state index contributed by atoms with van der Waals surface area (Å²) in [5, 5.41) is 9.02. The van der Waals surface area contributed by atoms with Crippen molar-refractivity contribution in [3.63, 3.8) is 0 Å². The number of hydrogen-bond acceptors (Lipinski definition) is 3. The minimum absolute atomic E-state index is 0.0131. The van der Waals surface area contributed by atoms with Crippen LogP contribution in [0.1, 0.15) is 35.4 Å². The number of carbonyl (C=O) groups is 1. The number of amides is 1. The molecule has 1 aliphatic heterocycles. The molecule has 0 N–H and O–H groups in total. The van der Waals surface area contributed by atoms with Crippen molar-refractivity contribution in [2.45, 2.75) is 31.0 Å². The second-order valence-electron chi connectivity index (χ2n) is 7.45. The van der Waals surface area contributed by atoms with Crippen LogP contribution in [0.3, 0.4) is 0 Å². The van der Waals surface area contributed by atoms with Gasteiger partial charge in [0, 0.05) is 32.2 Å². The first-order chi connectivity index (χ1) is 13.7. The number of benzene rings is 2. The second-order valence-corrected chi connectivity index (χ2v) is 7.45. The minimum Gasteiger partial charge on any atom is -0.359 e.